The lowest BCUT2D eigenvalue weighted by molar-refractivity contribution is -0.156. The molecule has 0 aromatic heterocycles. The topological polar surface area (TPSA) is 52.3 Å². The van der Waals surface area contributed by atoms with E-state index in [1.807, 2.05) is 24.3 Å². The molecular formula is C20H31NO2. The van der Waals surface area contributed by atoms with Gasteiger partial charge >= 0.3 is 5.97 Å². The molecule has 1 fully saturated rings. The number of carbonyl (C=O) groups is 1. The molecule has 23 heavy (non-hydrogen) atoms. The van der Waals surface area contributed by atoms with E-state index in [0.29, 0.717) is 24.2 Å². The van der Waals surface area contributed by atoms with Crippen molar-refractivity contribution < 1.29 is 9.53 Å². The fourth-order valence-electron chi connectivity index (χ4n) is 3.60. The highest BCUT2D eigenvalue weighted by atomic mass is 16.5. The quantitative estimate of drug-likeness (QED) is 0.616. The van der Waals surface area contributed by atoms with Crippen LogP contribution in [0.15, 0.2) is 24.3 Å². The van der Waals surface area contributed by atoms with Crippen molar-refractivity contribution in [1.29, 1.82) is 0 Å². The van der Waals surface area contributed by atoms with E-state index in [0.717, 1.165) is 24.9 Å². The number of nitrogen functional groups attached to an aromatic ring is 1. The summed E-state index contributed by atoms with van der Waals surface area (Å²) in [6.07, 6.45) is 5.80. The Morgan fingerprint density at radius 3 is 2.61 bits per heavy atom. The zero-order valence-corrected chi connectivity index (χ0v) is 14.8. The fraction of sp³-hybridized carbons (Fsp3) is 0.650. The van der Waals surface area contributed by atoms with Crippen molar-refractivity contribution in [2.24, 2.45) is 17.8 Å². The van der Waals surface area contributed by atoms with Gasteiger partial charge in [0.1, 0.15) is 6.10 Å². The van der Waals surface area contributed by atoms with Crippen LogP contribution >= 0.6 is 0 Å². The molecule has 0 saturated heterocycles. The molecule has 1 aliphatic carbocycles. The summed E-state index contributed by atoms with van der Waals surface area (Å²) in [5.41, 5.74) is 7.68. The molecule has 128 valence electrons. The molecule has 0 radical (unpaired) electrons. The summed E-state index contributed by atoms with van der Waals surface area (Å²) in [6, 6.07) is 7.87. The third-order valence-corrected chi connectivity index (χ3v) is 5.07. The van der Waals surface area contributed by atoms with Crippen LogP contribution in [0.25, 0.3) is 0 Å². The lowest BCUT2D eigenvalue weighted by Crippen LogP contribution is -2.35. The van der Waals surface area contributed by atoms with Gasteiger partial charge in [-0.05, 0) is 61.1 Å². The maximum absolute atomic E-state index is 12.2. The summed E-state index contributed by atoms with van der Waals surface area (Å²) in [5, 5.41) is 0. The van der Waals surface area contributed by atoms with E-state index in [2.05, 4.69) is 20.8 Å². The van der Waals surface area contributed by atoms with E-state index in [1.165, 1.54) is 18.4 Å². The third kappa shape index (κ3) is 5.56. The van der Waals surface area contributed by atoms with Crippen LogP contribution in [-0.4, -0.2) is 12.1 Å². The predicted octanol–water partition coefficient (Wildman–Crippen LogP) is 4.60. The van der Waals surface area contributed by atoms with E-state index in [1.54, 1.807) is 0 Å². The highest BCUT2D eigenvalue weighted by molar-refractivity contribution is 5.69. The molecule has 1 aliphatic rings. The van der Waals surface area contributed by atoms with Gasteiger partial charge < -0.3 is 10.5 Å². The number of benzene rings is 1. The van der Waals surface area contributed by atoms with Gasteiger partial charge in [-0.15, -0.1) is 0 Å². The Hall–Kier alpha value is -1.51. The number of carbonyl (C=O) groups excluding carboxylic acids is 1. The Morgan fingerprint density at radius 1 is 1.26 bits per heavy atom. The first kappa shape index (κ1) is 17.8. The van der Waals surface area contributed by atoms with Crippen LogP contribution < -0.4 is 5.73 Å². The first-order valence-electron chi connectivity index (χ1n) is 8.99. The summed E-state index contributed by atoms with van der Waals surface area (Å²) in [6.45, 7) is 6.74. The number of anilines is 1. The van der Waals surface area contributed by atoms with Crippen LogP contribution in [0.2, 0.25) is 0 Å². The van der Waals surface area contributed by atoms with Crippen LogP contribution in [-0.2, 0) is 16.0 Å². The molecule has 0 bridgehead atoms. The smallest absolute Gasteiger partial charge is 0.306 e. The Labute approximate surface area is 140 Å². The highest BCUT2D eigenvalue weighted by Gasteiger charge is 2.33. The molecule has 0 amide bonds. The van der Waals surface area contributed by atoms with Crippen LogP contribution in [0.5, 0.6) is 0 Å². The Kier molecular flexibility index (Phi) is 6.49. The van der Waals surface area contributed by atoms with Gasteiger partial charge in [0, 0.05) is 12.1 Å². The summed E-state index contributed by atoms with van der Waals surface area (Å²) < 4.78 is 5.83. The molecule has 0 heterocycles. The molecular weight excluding hydrogens is 286 g/mol. The summed E-state index contributed by atoms with van der Waals surface area (Å²) in [7, 11) is 0. The van der Waals surface area contributed by atoms with E-state index < -0.39 is 0 Å². The van der Waals surface area contributed by atoms with Crippen LogP contribution in [0, 0.1) is 17.8 Å². The van der Waals surface area contributed by atoms with Crippen LogP contribution in [0.3, 0.4) is 0 Å². The Bertz CT molecular complexity index is 495. The van der Waals surface area contributed by atoms with Gasteiger partial charge in [-0.25, -0.2) is 0 Å². The van der Waals surface area contributed by atoms with Gasteiger partial charge in [0.25, 0.3) is 0 Å². The Morgan fingerprint density at radius 2 is 1.96 bits per heavy atom. The number of ether oxygens (including phenoxy) is 1. The van der Waals surface area contributed by atoms with Crippen molar-refractivity contribution >= 4 is 11.7 Å². The second-order valence-corrected chi connectivity index (χ2v) is 7.45. The molecule has 2 N–H and O–H groups in total. The first-order valence-corrected chi connectivity index (χ1v) is 8.99. The molecule has 3 heteroatoms. The third-order valence-electron chi connectivity index (χ3n) is 5.07. The standard InChI is InChI=1S/C20H31NO2/c1-14(2)18-12-7-15(3)13-19(18)23-20(22)6-4-5-16-8-10-17(21)11-9-16/h8-11,14-15,18-19H,4-7,12-13,21H2,1-3H3. The van der Waals surface area contributed by atoms with Crippen molar-refractivity contribution in [1.82, 2.24) is 0 Å². The van der Waals surface area contributed by atoms with E-state index in [-0.39, 0.29) is 12.1 Å². The maximum Gasteiger partial charge on any atom is 0.306 e. The largest absolute Gasteiger partial charge is 0.462 e. The summed E-state index contributed by atoms with van der Waals surface area (Å²) >= 11 is 0. The minimum Gasteiger partial charge on any atom is -0.462 e. The second kappa shape index (κ2) is 8.37. The number of esters is 1. The Balaban J connectivity index is 1.77. The second-order valence-electron chi connectivity index (χ2n) is 7.45. The van der Waals surface area contributed by atoms with Crippen molar-refractivity contribution in [3.63, 3.8) is 0 Å². The highest BCUT2D eigenvalue weighted by Crippen LogP contribution is 2.35. The van der Waals surface area contributed by atoms with Crippen molar-refractivity contribution in [3.05, 3.63) is 29.8 Å². The first-order chi connectivity index (χ1) is 11.0. The van der Waals surface area contributed by atoms with Crippen LogP contribution in [0.1, 0.15) is 58.4 Å². The molecule has 1 aromatic rings. The number of hydrogen-bond donors (Lipinski definition) is 1. The van der Waals surface area contributed by atoms with E-state index in [4.69, 9.17) is 10.5 Å². The lowest BCUT2D eigenvalue weighted by atomic mass is 9.75. The van der Waals surface area contributed by atoms with Crippen molar-refractivity contribution in [2.75, 3.05) is 5.73 Å². The zero-order valence-electron chi connectivity index (χ0n) is 14.8. The van der Waals surface area contributed by atoms with Gasteiger partial charge in [0.05, 0.1) is 0 Å². The minimum atomic E-state index is -0.0369. The van der Waals surface area contributed by atoms with Crippen molar-refractivity contribution in [2.45, 2.75) is 65.4 Å². The lowest BCUT2D eigenvalue weighted by Gasteiger charge is -2.36. The average Bonchev–Trinajstić information content (AvgIpc) is 2.49. The molecule has 2 rings (SSSR count). The molecule has 0 aliphatic heterocycles. The van der Waals surface area contributed by atoms with Gasteiger partial charge in [-0.1, -0.05) is 39.3 Å². The van der Waals surface area contributed by atoms with Gasteiger partial charge in [0.15, 0.2) is 0 Å². The van der Waals surface area contributed by atoms with E-state index >= 15 is 0 Å². The molecule has 3 nitrogen and oxygen atoms in total. The SMILES string of the molecule is CC1CCC(C(C)C)C(OC(=O)CCCc2ccc(N)cc2)C1. The zero-order chi connectivity index (χ0) is 16.8. The van der Waals surface area contributed by atoms with Crippen LogP contribution in [0.4, 0.5) is 5.69 Å². The number of hydrogen-bond acceptors (Lipinski definition) is 3. The number of nitrogens with two attached hydrogens (primary N) is 1. The average molecular weight is 317 g/mol. The van der Waals surface area contributed by atoms with E-state index in [9.17, 15) is 4.79 Å². The molecule has 0 spiro atoms. The number of rotatable bonds is 6. The summed E-state index contributed by atoms with van der Waals surface area (Å²) in [4.78, 5) is 12.2. The minimum absolute atomic E-state index is 0.0369. The summed E-state index contributed by atoms with van der Waals surface area (Å²) in [5.74, 6) is 1.73. The molecule has 1 aromatic carbocycles. The predicted molar refractivity (Wildman–Crippen MR) is 95.0 cm³/mol. The molecule has 1 saturated carbocycles. The maximum atomic E-state index is 12.2. The fourth-order valence-corrected chi connectivity index (χ4v) is 3.60. The monoisotopic (exact) mass is 317 g/mol. The van der Waals surface area contributed by atoms with Gasteiger partial charge in [0.2, 0.25) is 0 Å². The van der Waals surface area contributed by atoms with Crippen molar-refractivity contribution in [3.8, 4) is 0 Å². The van der Waals surface area contributed by atoms with Gasteiger partial charge in [-0.2, -0.15) is 0 Å². The molecule has 3 unspecified atom stereocenters. The normalized spacial score (nSPS) is 24.6. The number of aryl methyl sites for hydroxylation is 1. The van der Waals surface area contributed by atoms with Gasteiger partial charge in [-0.3, -0.25) is 4.79 Å². The molecule has 3 atom stereocenters.